The second-order valence-corrected chi connectivity index (χ2v) is 7.20. The molecule has 11 heteroatoms. The van der Waals surface area contributed by atoms with E-state index >= 15 is 0 Å². The Balaban J connectivity index is 2.73. The average molecular weight is 362 g/mol. The Morgan fingerprint density at radius 1 is 1.54 bits per heavy atom. The molecule has 24 heavy (non-hydrogen) atoms. The van der Waals surface area contributed by atoms with Crippen LogP contribution in [0.1, 0.15) is 13.8 Å². The molecule has 134 valence electrons. The summed E-state index contributed by atoms with van der Waals surface area (Å²) in [6, 6.07) is 1.06. The lowest BCUT2D eigenvalue weighted by Gasteiger charge is -2.28. The molecular formula is C13H21N3O7P+. The van der Waals surface area contributed by atoms with Gasteiger partial charge in [0.05, 0.1) is 18.6 Å². The lowest BCUT2D eigenvalue weighted by molar-refractivity contribution is -0.0842. The van der Waals surface area contributed by atoms with Crippen LogP contribution in [0.3, 0.4) is 0 Å². The molecule has 0 amide bonds. The van der Waals surface area contributed by atoms with Crippen molar-refractivity contribution in [1.82, 2.24) is 9.55 Å². The van der Waals surface area contributed by atoms with Crippen LogP contribution in [0.5, 0.6) is 0 Å². The number of aliphatic hydroxyl groups is 2. The maximum absolute atomic E-state index is 12.8. The van der Waals surface area contributed by atoms with E-state index in [0.717, 1.165) is 16.8 Å². The zero-order valence-corrected chi connectivity index (χ0v) is 14.2. The predicted octanol–water partition coefficient (Wildman–Crippen LogP) is -1.15. The van der Waals surface area contributed by atoms with E-state index in [4.69, 9.17) is 15.0 Å². The fraction of sp³-hybridized carbons (Fsp3) is 0.692. The van der Waals surface area contributed by atoms with Gasteiger partial charge in [0.1, 0.15) is 6.10 Å². The molecule has 1 aliphatic rings. The van der Waals surface area contributed by atoms with Gasteiger partial charge < -0.3 is 20.7 Å². The van der Waals surface area contributed by atoms with Crippen LogP contribution >= 0.6 is 8.03 Å². The van der Waals surface area contributed by atoms with Gasteiger partial charge in [-0.3, -0.25) is 9.78 Å². The highest BCUT2D eigenvalue weighted by Crippen LogP contribution is 2.57. The highest BCUT2D eigenvalue weighted by Gasteiger charge is 2.71. The van der Waals surface area contributed by atoms with Crippen molar-refractivity contribution in [2.45, 2.75) is 31.5 Å². The normalized spacial score (nSPS) is 30.8. The number of hydrogen-bond donors (Lipinski definition) is 4. The largest absolute Gasteiger partial charge is 0.570 e. The maximum atomic E-state index is 12.8. The molecule has 2 rings (SSSR count). The molecule has 0 aliphatic carbocycles. The summed E-state index contributed by atoms with van der Waals surface area (Å²) in [6.45, 7) is 2.54. The van der Waals surface area contributed by atoms with Gasteiger partial charge in [-0.05, 0) is 10.5 Å². The molecule has 0 radical (unpaired) electrons. The fourth-order valence-electron chi connectivity index (χ4n) is 3.10. The number of aliphatic hydroxyl groups excluding tert-OH is 2. The van der Waals surface area contributed by atoms with Crippen molar-refractivity contribution in [3.05, 3.63) is 33.1 Å². The Morgan fingerprint density at radius 2 is 2.21 bits per heavy atom. The number of nitrogens with one attached hydrogen (secondary N) is 1. The minimum Gasteiger partial charge on any atom is -0.394 e. The predicted molar refractivity (Wildman–Crippen MR) is 83.3 cm³/mol. The average Bonchev–Trinajstić information content (AvgIpc) is 2.81. The third-order valence-corrected chi connectivity index (χ3v) is 5.55. The fourth-order valence-corrected chi connectivity index (χ4v) is 4.67. The van der Waals surface area contributed by atoms with Gasteiger partial charge in [0.25, 0.3) is 5.56 Å². The summed E-state index contributed by atoms with van der Waals surface area (Å²) in [5, 5.41) is 19.9. The lowest BCUT2D eigenvalue weighted by Crippen LogP contribution is -2.48. The van der Waals surface area contributed by atoms with Gasteiger partial charge in [0.2, 0.25) is 0 Å². The first-order chi connectivity index (χ1) is 11.3. The second kappa shape index (κ2) is 7.22. The molecule has 0 bridgehead atoms. The molecular weight excluding hydrogens is 341 g/mol. The van der Waals surface area contributed by atoms with Crippen molar-refractivity contribution in [3.8, 4) is 0 Å². The molecule has 1 aromatic rings. The second-order valence-electron chi connectivity index (χ2n) is 5.79. The lowest BCUT2D eigenvalue weighted by atomic mass is 9.88. The minimum atomic E-state index is -2.73. The Kier molecular flexibility index (Phi) is 5.69. The zero-order valence-electron chi connectivity index (χ0n) is 13.3. The van der Waals surface area contributed by atoms with Crippen LogP contribution in [0.25, 0.3) is 0 Å². The molecule has 0 spiro atoms. The van der Waals surface area contributed by atoms with Gasteiger partial charge in [-0.25, -0.2) is 9.36 Å². The molecule has 0 aromatic carbocycles. The molecule has 0 saturated carbocycles. The van der Waals surface area contributed by atoms with Crippen LogP contribution < -0.4 is 17.0 Å². The number of nitrogens with two attached hydrogens (primary N) is 1. The van der Waals surface area contributed by atoms with Crippen molar-refractivity contribution in [3.63, 3.8) is 0 Å². The minimum absolute atomic E-state index is 0.296. The Labute approximate surface area is 138 Å². The van der Waals surface area contributed by atoms with E-state index in [-0.39, 0.29) is 5.92 Å². The quantitative estimate of drug-likeness (QED) is 0.365. The number of aromatic amines is 1. The number of aromatic nitrogens is 2. The summed E-state index contributed by atoms with van der Waals surface area (Å²) in [5.41, 5.74) is 1.88. The summed E-state index contributed by atoms with van der Waals surface area (Å²) >= 11 is 0. The molecule has 10 nitrogen and oxygen atoms in total. The number of ether oxygens (including phenoxy) is 1. The van der Waals surface area contributed by atoms with Crippen LogP contribution in [0.4, 0.5) is 0 Å². The molecule has 1 aromatic heterocycles. The van der Waals surface area contributed by atoms with Gasteiger partial charge in [0, 0.05) is 12.3 Å². The molecule has 5 atom stereocenters. The Bertz CT molecular complexity index is 718. The first kappa shape index (κ1) is 18.9. The topological polar surface area (TPSA) is 157 Å². The van der Waals surface area contributed by atoms with Gasteiger partial charge in [-0.1, -0.05) is 13.8 Å². The first-order valence-electron chi connectivity index (χ1n) is 7.39. The summed E-state index contributed by atoms with van der Waals surface area (Å²) in [6.07, 6.45) is -1.15. The molecule has 1 saturated heterocycles. The van der Waals surface area contributed by atoms with Crippen molar-refractivity contribution in [2.24, 2.45) is 17.6 Å². The summed E-state index contributed by atoms with van der Waals surface area (Å²) < 4.78 is 24.4. The van der Waals surface area contributed by atoms with E-state index < -0.39 is 56.2 Å². The third-order valence-electron chi connectivity index (χ3n) is 4.03. The SMILES string of the molecule is CC(C)[C@@H]1[C@H](O)[C@@H](CO)O[C@]1(n1ccc(=O)[nH]c1=O)[P+](=O)OCN. The number of nitrogens with zero attached hydrogens (tertiary/aromatic N) is 1. The van der Waals surface area contributed by atoms with Crippen LogP contribution in [0, 0.1) is 11.8 Å². The van der Waals surface area contributed by atoms with E-state index in [1.54, 1.807) is 13.8 Å². The van der Waals surface area contributed by atoms with Crippen molar-refractivity contribution >= 4 is 8.03 Å². The van der Waals surface area contributed by atoms with E-state index in [1.807, 2.05) is 0 Å². The van der Waals surface area contributed by atoms with Crippen LogP contribution in [-0.2, 0) is 19.3 Å². The molecule has 1 unspecified atom stereocenters. The Morgan fingerprint density at radius 3 is 2.71 bits per heavy atom. The molecule has 1 fully saturated rings. The smallest absolute Gasteiger partial charge is 0.394 e. The standard InChI is InChI=1S/C13H20N3O7P/c1-7(2)10-11(19)8(5-17)23-13(10,24(21)22-6-14)16-4-3-9(18)15-12(16)20/h3-4,7-8,10-11,17,19H,5-6,14H2,1-2H3/p+1/t8-,10-,11-,13+/m1/s1. The van der Waals surface area contributed by atoms with Crippen molar-refractivity contribution in [2.75, 3.05) is 13.3 Å². The van der Waals surface area contributed by atoms with E-state index in [2.05, 4.69) is 4.98 Å². The summed E-state index contributed by atoms with van der Waals surface area (Å²) in [4.78, 5) is 25.7. The van der Waals surface area contributed by atoms with Gasteiger partial charge >= 0.3 is 19.2 Å². The first-order valence-corrected chi connectivity index (χ1v) is 8.56. The van der Waals surface area contributed by atoms with Gasteiger partial charge in [-0.15, -0.1) is 4.52 Å². The Hall–Kier alpha value is -1.42. The van der Waals surface area contributed by atoms with Crippen molar-refractivity contribution < 1.29 is 24.0 Å². The van der Waals surface area contributed by atoms with Crippen molar-refractivity contribution in [1.29, 1.82) is 0 Å². The molecule has 5 N–H and O–H groups in total. The van der Waals surface area contributed by atoms with Crippen LogP contribution in [0.15, 0.2) is 21.9 Å². The van der Waals surface area contributed by atoms with E-state index in [0.29, 0.717) is 0 Å². The number of rotatable bonds is 6. The molecule has 2 heterocycles. The zero-order chi connectivity index (χ0) is 18.1. The van der Waals surface area contributed by atoms with E-state index in [9.17, 15) is 24.4 Å². The van der Waals surface area contributed by atoms with Gasteiger partial charge in [0.15, 0.2) is 6.73 Å². The highest BCUT2D eigenvalue weighted by molar-refractivity contribution is 7.40. The summed E-state index contributed by atoms with van der Waals surface area (Å²) in [7, 11) is -2.73. The number of H-pyrrole nitrogens is 1. The van der Waals surface area contributed by atoms with E-state index in [1.165, 1.54) is 0 Å². The van der Waals surface area contributed by atoms with Crippen LogP contribution in [0.2, 0.25) is 0 Å². The third kappa shape index (κ3) is 2.97. The maximum Gasteiger partial charge on any atom is 0.570 e. The van der Waals surface area contributed by atoms with Gasteiger partial charge in [-0.2, -0.15) is 0 Å². The highest BCUT2D eigenvalue weighted by atomic mass is 31.1. The monoisotopic (exact) mass is 362 g/mol. The number of hydrogen-bond acceptors (Lipinski definition) is 8. The molecule has 1 aliphatic heterocycles. The van der Waals surface area contributed by atoms with Crippen LogP contribution in [-0.4, -0.2) is 45.3 Å². The summed E-state index contributed by atoms with van der Waals surface area (Å²) in [5.74, 6) is -1.15.